The summed E-state index contributed by atoms with van der Waals surface area (Å²) in [6, 6.07) is 5.48. The van der Waals surface area contributed by atoms with Gasteiger partial charge in [0.05, 0.1) is 11.1 Å². The fourth-order valence-corrected chi connectivity index (χ4v) is 1.45. The molecule has 0 fully saturated rings. The van der Waals surface area contributed by atoms with E-state index in [1.165, 1.54) is 49.9 Å². The summed E-state index contributed by atoms with van der Waals surface area (Å²) in [5, 5.41) is 17.1. The molecule has 5 heteroatoms. The quantitative estimate of drug-likeness (QED) is 0.715. The van der Waals surface area contributed by atoms with Crippen molar-refractivity contribution < 1.29 is 24.5 Å². The Hall–Kier alpha value is -1.88. The zero-order valence-electron chi connectivity index (χ0n) is 12.7. The van der Waals surface area contributed by atoms with E-state index in [0.29, 0.717) is 0 Å². The van der Waals surface area contributed by atoms with E-state index in [2.05, 4.69) is 13.8 Å². The van der Waals surface area contributed by atoms with Gasteiger partial charge in [-0.2, -0.15) is 0 Å². The first-order valence-corrected chi connectivity index (χ1v) is 7.17. The van der Waals surface area contributed by atoms with Crippen molar-refractivity contribution in [2.24, 2.45) is 0 Å². The molecule has 0 aliphatic heterocycles. The molecule has 0 saturated heterocycles. The maximum atomic E-state index is 10.5. The summed E-state index contributed by atoms with van der Waals surface area (Å²) in [7, 11) is 0. The van der Waals surface area contributed by atoms with Gasteiger partial charge in [0.1, 0.15) is 0 Å². The summed E-state index contributed by atoms with van der Waals surface area (Å²) in [6.45, 7) is 6.28. The lowest BCUT2D eigenvalue weighted by Gasteiger charge is -1.99. The molecule has 0 heterocycles. The number of carboxylic acid groups (broad SMARTS) is 2. The van der Waals surface area contributed by atoms with E-state index in [4.69, 9.17) is 14.9 Å². The van der Waals surface area contributed by atoms with Crippen molar-refractivity contribution in [1.82, 2.24) is 0 Å². The lowest BCUT2D eigenvalue weighted by molar-refractivity contribution is 0.0651. The first-order chi connectivity index (χ1) is 10.0. The maximum absolute atomic E-state index is 10.5. The monoisotopic (exact) mass is 296 g/mol. The van der Waals surface area contributed by atoms with Crippen molar-refractivity contribution in [1.29, 1.82) is 0 Å². The van der Waals surface area contributed by atoms with Crippen LogP contribution in [0.3, 0.4) is 0 Å². The second kappa shape index (κ2) is 11.9. The van der Waals surface area contributed by atoms with Crippen LogP contribution in [0.15, 0.2) is 24.3 Å². The van der Waals surface area contributed by atoms with Crippen molar-refractivity contribution >= 4 is 11.9 Å². The van der Waals surface area contributed by atoms with Crippen molar-refractivity contribution in [3.63, 3.8) is 0 Å². The number of hydrogen-bond donors (Lipinski definition) is 2. The highest BCUT2D eigenvalue weighted by atomic mass is 16.5. The summed E-state index contributed by atoms with van der Waals surface area (Å²) < 4.78 is 5.31. The highest BCUT2D eigenvalue weighted by molar-refractivity contribution is 6.01. The van der Waals surface area contributed by atoms with Gasteiger partial charge in [-0.15, -0.1) is 0 Å². The molecule has 1 aromatic rings. The SMILES string of the molecule is CCCCOCCCC.O=C(O)c1ccccc1C(=O)O. The van der Waals surface area contributed by atoms with Crippen LogP contribution in [0.4, 0.5) is 0 Å². The van der Waals surface area contributed by atoms with Crippen LogP contribution < -0.4 is 0 Å². The van der Waals surface area contributed by atoms with E-state index >= 15 is 0 Å². The van der Waals surface area contributed by atoms with Gasteiger partial charge < -0.3 is 14.9 Å². The zero-order chi connectivity index (χ0) is 16.1. The minimum atomic E-state index is -1.23. The molecule has 0 spiro atoms. The number of rotatable bonds is 8. The number of carboxylic acids is 2. The van der Waals surface area contributed by atoms with E-state index in [9.17, 15) is 9.59 Å². The van der Waals surface area contributed by atoms with Crippen molar-refractivity contribution in [2.75, 3.05) is 13.2 Å². The Labute approximate surface area is 125 Å². The number of hydrogen-bond acceptors (Lipinski definition) is 3. The summed E-state index contributed by atoms with van der Waals surface area (Å²) in [5.41, 5.74) is -0.380. The summed E-state index contributed by atoms with van der Waals surface area (Å²) in [5.74, 6) is -2.46. The Balaban J connectivity index is 0.000000400. The van der Waals surface area contributed by atoms with E-state index in [0.717, 1.165) is 13.2 Å². The van der Waals surface area contributed by atoms with Crippen LogP contribution in [0.5, 0.6) is 0 Å². The number of unbranched alkanes of at least 4 members (excludes halogenated alkanes) is 2. The predicted octanol–water partition coefficient (Wildman–Crippen LogP) is 3.69. The third-order valence-electron chi connectivity index (χ3n) is 2.67. The molecule has 0 aliphatic rings. The van der Waals surface area contributed by atoms with Crippen LogP contribution in [0.2, 0.25) is 0 Å². The second-order valence-corrected chi connectivity index (χ2v) is 4.48. The smallest absolute Gasteiger partial charge is 0.336 e. The Bertz CT molecular complexity index is 389. The fraction of sp³-hybridized carbons (Fsp3) is 0.500. The average molecular weight is 296 g/mol. The first-order valence-electron chi connectivity index (χ1n) is 7.17. The van der Waals surface area contributed by atoms with E-state index in [1.54, 1.807) is 0 Å². The van der Waals surface area contributed by atoms with E-state index in [1.807, 2.05) is 0 Å². The van der Waals surface area contributed by atoms with Gasteiger partial charge in [0, 0.05) is 13.2 Å². The largest absolute Gasteiger partial charge is 0.478 e. The first kappa shape index (κ1) is 19.1. The van der Waals surface area contributed by atoms with Gasteiger partial charge in [0.2, 0.25) is 0 Å². The Morgan fingerprint density at radius 1 is 0.905 bits per heavy atom. The van der Waals surface area contributed by atoms with Crippen LogP contribution in [-0.2, 0) is 4.74 Å². The minimum Gasteiger partial charge on any atom is -0.478 e. The Morgan fingerprint density at radius 2 is 1.29 bits per heavy atom. The van der Waals surface area contributed by atoms with E-state index in [-0.39, 0.29) is 11.1 Å². The molecule has 0 atom stereocenters. The van der Waals surface area contributed by atoms with Crippen LogP contribution >= 0.6 is 0 Å². The molecule has 0 bridgehead atoms. The number of aromatic carboxylic acids is 2. The normalized spacial score (nSPS) is 9.62. The molecule has 0 radical (unpaired) electrons. The third kappa shape index (κ3) is 8.81. The molecule has 0 unspecified atom stereocenters. The van der Waals surface area contributed by atoms with Crippen molar-refractivity contribution in [3.8, 4) is 0 Å². The molecule has 2 N–H and O–H groups in total. The summed E-state index contributed by atoms with van der Waals surface area (Å²) >= 11 is 0. The Kier molecular flexibility index (Phi) is 10.8. The molecule has 21 heavy (non-hydrogen) atoms. The summed E-state index contributed by atoms with van der Waals surface area (Å²) in [4.78, 5) is 20.9. The van der Waals surface area contributed by atoms with Gasteiger partial charge in [0.25, 0.3) is 0 Å². The van der Waals surface area contributed by atoms with Gasteiger partial charge in [-0.05, 0) is 25.0 Å². The number of benzene rings is 1. The molecular formula is C16H24O5. The maximum Gasteiger partial charge on any atom is 0.336 e. The second-order valence-electron chi connectivity index (χ2n) is 4.48. The molecule has 0 amide bonds. The highest BCUT2D eigenvalue weighted by Gasteiger charge is 2.13. The van der Waals surface area contributed by atoms with Crippen molar-refractivity contribution in [3.05, 3.63) is 35.4 Å². The van der Waals surface area contributed by atoms with Crippen LogP contribution in [0.25, 0.3) is 0 Å². The molecule has 0 saturated carbocycles. The lowest BCUT2D eigenvalue weighted by Crippen LogP contribution is -2.06. The molecule has 1 rings (SSSR count). The highest BCUT2D eigenvalue weighted by Crippen LogP contribution is 2.07. The summed E-state index contributed by atoms with van der Waals surface area (Å²) in [6.07, 6.45) is 4.91. The van der Waals surface area contributed by atoms with Gasteiger partial charge in [-0.3, -0.25) is 0 Å². The minimum absolute atomic E-state index is 0.190. The number of carbonyl (C=O) groups is 2. The lowest BCUT2D eigenvalue weighted by atomic mass is 10.1. The molecule has 5 nitrogen and oxygen atoms in total. The zero-order valence-corrected chi connectivity index (χ0v) is 12.7. The average Bonchev–Trinajstić information content (AvgIpc) is 2.48. The molecule has 0 aliphatic carbocycles. The van der Waals surface area contributed by atoms with Gasteiger partial charge >= 0.3 is 11.9 Å². The topological polar surface area (TPSA) is 83.8 Å². The fourth-order valence-electron chi connectivity index (χ4n) is 1.45. The molecule has 0 aromatic heterocycles. The predicted molar refractivity (Wildman–Crippen MR) is 81.0 cm³/mol. The van der Waals surface area contributed by atoms with Gasteiger partial charge in [-0.1, -0.05) is 38.8 Å². The van der Waals surface area contributed by atoms with Gasteiger partial charge in [-0.25, -0.2) is 9.59 Å². The van der Waals surface area contributed by atoms with Gasteiger partial charge in [0.15, 0.2) is 0 Å². The Morgan fingerprint density at radius 3 is 1.57 bits per heavy atom. The van der Waals surface area contributed by atoms with Crippen LogP contribution in [0.1, 0.15) is 60.2 Å². The van der Waals surface area contributed by atoms with Crippen LogP contribution in [-0.4, -0.2) is 35.4 Å². The molecule has 1 aromatic carbocycles. The standard InChI is InChI=1S/C8H6O4.C8H18O/c9-7(10)5-3-1-2-4-6(5)8(11)12;1-3-5-7-9-8-6-4-2/h1-4H,(H,9,10)(H,11,12);3-8H2,1-2H3. The number of ether oxygens (including phenoxy) is 1. The van der Waals surface area contributed by atoms with E-state index < -0.39 is 11.9 Å². The third-order valence-corrected chi connectivity index (χ3v) is 2.67. The van der Waals surface area contributed by atoms with Crippen molar-refractivity contribution in [2.45, 2.75) is 39.5 Å². The van der Waals surface area contributed by atoms with Crippen LogP contribution in [0, 0.1) is 0 Å². The molecule has 118 valence electrons. The molecular weight excluding hydrogens is 272 g/mol.